The molecular formula is C15H16ClN3O. The molecule has 0 fully saturated rings. The Bertz CT molecular complexity index is 601. The first-order valence-electron chi connectivity index (χ1n) is 6.21. The first kappa shape index (κ1) is 14.4. The minimum absolute atomic E-state index is 0.136. The van der Waals surface area contributed by atoms with Gasteiger partial charge in [-0.3, -0.25) is 4.79 Å². The van der Waals surface area contributed by atoms with Crippen molar-refractivity contribution in [2.24, 2.45) is 11.5 Å². The molecule has 1 unspecified atom stereocenters. The predicted octanol–water partition coefficient (Wildman–Crippen LogP) is 2.55. The molecule has 0 saturated heterocycles. The van der Waals surface area contributed by atoms with Gasteiger partial charge >= 0.3 is 0 Å². The number of rotatable bonds is 5. The van der Waals surface area contributed by atoms with Crippen LogP contribution in [0.25, 0.3) is 0 Å². The molecule has 2 aromatic rings. The van der Waals surface area contributed by atoms with E-state index >= 15 is 0 Å². The van der Waals surface area contributed by atoms with Crippen molar-refractivity contribution < 1.29 is 4.79 Å². The molecule has 5 heteroatoms. The van der Waals surface area contributed by atoms with Gasteiger partial charge in [0.2, 0.25) is 5.91 Å². The number of hydrogen-bond donors (Lipinski definition) is 3. The van der Waals surface area contributed by atoms with Gasteiger partial charge in [-0.1, -0.05) is 41.9 Å². The standard InChI is InChI=1S/C15H16ClN3O/c16-12-8-11(15(18)20)6-7-14(12)19-9-13(17)10-4-2-1-3-5-10/h1-8,13,19H,9,17H2,(H2,18,20). The third kappa shape index (κ3) is 3.50. The number of hydrogen-bond acceptors (Lipinski definition) is 3. The molecule has 0 aliphatic rings. The van der Waals surface area contributed by atoms with Gasteiger partial charge in [0.05, 0.1) is 10.7 Å². The van der Waals surface area contributed by atoms with Crippen LogP contribution in [0.3, 0.4) is 0 Å². The van der Waals surface area contributed by atoms with Gasteiger partial charge in [-0.25, -0.2) is 0 Å². The summed E-state index contributed by atoms with van der Waals surface area (Å²) in [5.74, 6) is -0.501. The number of amides is 1. The zero-order valence-corrected chi connectivity index (χ0v) is 11.6. The highest BCUT2D eigenvalue weighted by Gasteiger charge is 2.08. The molecule has 1 atom stereocenters. The maximum atomic E-state index is 11.0. The molecule has 1 amide bonds. The minimum Gasteiger partial charge on any atom is -0.382 e. The number of carbonyl (C=O) groups excluding carboxylic acids is 1. The molecule has 0 bridgehead atoms. The SMILES string of the molecule is NC(=O)c1ccc(NCC(N)c2ccccc2)c(Cl)c1. The normalized spacial score (nSPS) is 11.9. The highest BCUT2D eigenvalue weighted by atomic mass is 35.5. The van der Waals surface area contributed by atoms with Gasteiger partial charge in [-0.15, -0.1) is 0 Å². The van der Waals surface area contributed by atoms with Crippen molar-refractivity contribution >= 4 is 23.2 Å². The zero-order chi connectivity index (χ0) is 14.5. The third-order valence-corrected chi connectivity index (χ3v) is 3.31. The van der Waals surface area contributed by atoms with Crippen LogP contribution in [-0.4, -0.2) is 12.5 Å². The van der Waals surface area contributed by atoms with E-state index < -0.39 is 5.91 Å². The number of anilines is 1. The fraction of sp³-hybridized carbons (Fsp3) is 0.133. The summed E-state index contributed by atoms with van der Waals surface area (Å²) in [5.41, 5.74) is 13.4. The van der Waals surface area contributed by atoms with Crippen LogP contribution in [0.1, 0.15) is 22.0 Å². The van der Waals surface area contributed by atoms with E-state index in [9.17, 15) is 4.79 Å². The predicted molar refractivity (Wildman–Crippen MR) is 81.8 cm³/mol. The molecule has 0 aromatic heterocycles. The first-order valence-corrected chi connectivity index (χ1v) is 6.59. The fourth-order valence-corrected chi connectivity index (χ4v) is 2.10. The van der Waals surface area contributed by atoms with Crippen molar-refractivity contribution in [2.45, 2.75) is 6.04 Å². The average Bonchev–Trinajstić information content (AvgIpc) is 2.46. The minimum atomic E-state index is -0.501. The second-order valence-corrected chi connectivity index (χ2v) is 4.86. The monoisotopic (exact) mass is 289 g/mol. The molecule has 2 rings (SSSR count). The average molecular weight is 290 g/mol. The van der Waals surface area contributed by atoms with Crippen molar-refractivity contribution in [1.82, 2.24) is 0 Å². The maximum Gasteiger partial charge on any atom is 0.248 e. The van der Waals surface area contributed by atoms with Crippen LogP contribution in [-0.2, 0) is 0 Å². The maximum absolute atomic E-state index is 11.0. The highest BCUT2D eigenvalue weighted by Crippen LogP contribution is 2.23. The quantitative estimate of drug-likeness (QED) is 0.791. The third-order valence-electron chi connectivity index (χ3n) is 2.99. The number of carbonyl (C=O) groups is 1. The molecule has 2 aromatic carbocycles. The lowest BCUT2D eigenvalue weighted by atomic mass is 10.1. The van der Waals surface area contributed by atoms with Crippen LogP contribution >= 0.6 is 11.6 Å². The van der Waals surface area contributed by atoms with Crippen molar-refractivity contribution in [2.75, 3.05) is 11.9 Å². The second-order valence-electron chi connectivity index (χ2n) is 4.46. The van der Waals surface area contributed by atoms with E-state index in [2.05, 4.69) is 5.32 Å². The second kappa shape index (κ2) is 6.41. The molecule has 0 heterocycles. The van der Waals surface area contributed by atoms with E-state index in [1.54, 1.807) is 18.2 Å². The van der Waals surface area contributed by atoms with Gasteiger partial charge in [0.25, 0.3) is 0 Å². The summed E-state index contributed by atoms with van der Waals surface area (Å²) >= 11 is 6.09. The molecule has 20 heavy (non-hydrogen) atoms. The largest absolute Gasteiger partial charge is 0.382 e. The molecule has 0 spiro atoms. The number of halogens is 1. The van der Waals surface area contributed by atoms with Gasteiger partial charge < -0.3 is 16.8 Å². The summed E-state index contributed by atoms with van der Waals surface area (Å²) in [5, 5.41) is 3.61. The Morgan fingerprint density at radius 2 is 1.90 bits per heavy atom. The van der Waals surface area contributed by atoms with Crippen LogP contribution in [0.15, 0.2) is 48.5 Å². The number of nitrogens with one attached hydrogen (secondary N) is 1. The first-order chi connectivity index (χ1) is 9.58. The number of benzene rings is 2. The van der Waals surface area contributed by atoms with E-state index in [1.165, 1.54) is 0 Å². The van der Waals surface area contributed by atoms with Crippen LogP contribution in [0.4, 0.5) is 5.69 Å². The summed E-state index contributed by atoms with van der Waals surface area (Å²) in [4.78, 5) is 11.0. The van der Waals surface area contributed by atoms with Gasteiger partial charge in [0.1, 0.15) is 0 Å². The molecular weight excluding hydrogens is 274 g/mol. The summed E-state index contributed by atoms with van der Waals surface area (Å²) in [6, 6.07) is 14.6. The molecule has 0 radical (unpaired) electrons. The van der Waals surface area contributed by atoms with E-state index in [4.69, 9.17) is 23.1 Å². The highest BCUT2D eigenvalue weighted by molar-refractivity contribution is 6.33. The summed E-state index contributed by atoms with van der Waals surface area (Å²) in [6.07, 6.45) is 0. The summed E-state index contributed by atoms with van der Waals surface area (Å²) in [7, 11) is 0. The van der Waals surface area contributed by atoms with Gasteiger partial charge in [-0.2, -0.15) is 0 Å². The summed E-state index contributed by atoms with van der Waals surface area (Å²) < 4.78 is 0. The Kier molecular flexibility index (Phi) is 4.61. The van der Waals surface area contributed by atoms with E-state index in [-0.39, 0.29) is 6.04 Å². The van der Waals surface area contributed by atoms with E-state index in [1.807, 2.05) is 30.3 Å². The lowest BCUT2D eigenvalue weighted by Crippen LogP contribution is -2.20. The van der Waals surface area contributed by atoms with Gasteiger partial charge in [-0.05, 0) is 23.8 Å². The Morgan fingerprint density at radius 1 is 1.20 bits per heavy atom. The molecule has 0 aliphatic heterocycles. The van der Waals surface area contributed by atoms with Crippen LogP contribution < -0.4 is 16.8 Å². The van der Waals surface area contributed by atoms with E-state index in [0.717, 1.165) is 11.3 Å². The van der Waals surface area contributed by atoms with Gasteiger partial charge in [0, 0.05) is 18.2 Å². The molecule has 5 N–H and O–H groups in total. The number of nitrogens with two attached hydrogens (primary N) is 2. The Labute approximate surface area is 122 Å². The lowest BCUT2D eigenvalue weighted by molar-refractivity contribution is 0.100. The van der Waals surface area contributed by atoms with Crippen LogP contribution in [0, 0.1) is 0 Å². The Morgan fingerprint density at radius 3 is 2.50 bits per heavy atom. The van der Waals surface area contributed by atoms with Crippen molar-refractivity contribution in [3.8, 4) is 0 Å². The zero-order valence-electron chi connectivity index (χ0n) is 10.8. The Balaban J connectivity index is 2.02. The summed E-state index contributed by atoms with van der Waals surface area (Å²) in [6.45, 7) is 0.541. The van der Waals surface area contributed by atoms with Crippen LogP contribution in [0.2, 0.25) is 5.02 Å². The van der Waals surface area contributed by atoms with Crippen molar-refractivity contribution in [3.63, 3.8) is 0 Å². The molecule has 4 nitrogen and oxygen atoms in total. The van der Waals surface area contributed by atoms with Crippen molar-refractivity contribution in [1.29, 1.82) is 0 Å². The van der Waals surface area contributed by atoms with Crippen LogP contribution in [0.5, 0.6) is 0 Å². The Hall–Kier alpha value is -2.04. The molecule has 0 saturated carbocycles. The van der Waals surface area contributed by atoms with E-state index in [0.29, 0.717) is 17.1 Å². The van der Waals surface area contributed by atoms with Crippen molar-refractivity contribution in [3.05, 3.63) is 64.7 Å². The topological polar surface area (TPSA) is 81.1 Å². The molecule has 0 aliphatic carbocycles. The number of primary amides is 1. The lowest BCUT2D eigenvalue weighted by Gasteiger charge is -2.15. The fourth-order valence-electron chi connectivity index (χ4n) is 1.85. The van der Waals surface area contributed by atoms with Gasteiger partial charge in [0.15, 0.2) is 0 Å². The molecule has 104 valence electrons. The smallest absolute Gasteiger partial charge is 0.248 e.